The Hall–Kier alpha value is -2.64. The number of hydrogen-bond acceptors (Lipinski definition) is 6. The molecule has 1 N–H and O–H groups in total. The van der Waals surface area contributed by atoms with Crippen molar-refractivity contribution in [3.05, 3.63) is 56.8 Å². The maximum atomic E-state index is 13.1. The molecule has 2 heterocycles. The zero-order valence-electron chi connectivity index (χ0n) is 19.6. The van der Waals surface area contributed by atoms with Gasteiger partial charge in [-0.2, -0.15) is 0 Å². The lowest BCUT2D eigenvalue weighted by Gasteiger charge is -2.26. The standard InChI is InChI=1S/C25H32N2O4S/c1-15(2)14-31-19-8-7-18(13-17(19)4)22(28)20-21(24-16(3)9-12-32-24)27(11-10-26(5)6)25(30)23(20)29/h7-9,12-13,15,21,28H,10-11,14H2,1-6H3/b22-20-. The van der Waals surface area contributed by atoms with Crippen LogP contribution in [0.25, 0.3) is 5.76 Å². The first-order valence-electron chi connectivity index (χ1n) is 10.8. The Morgan fingerprint density at radius 2 is 1.91 bits per heavy atom. The van der Waals surface area contributed by atoms with Gasteiger partial charge in [0.1, 0.15) is 11.5 Å². The van der Waals surface area contributed by atoms with Crippen molar-refractivity contribution in [3.8, 4) is 5.75 Å². The van der Waals surface area contributed by atoms with Crippen LogP contribution in [-0.2, 0) is 9.59 Å². The van der Waals surface area contributed by atoms with E-state index >= 15 is 0 Å². The molecule has 1 aliphatic heterocycles. The first kappa shape index (κ1) is 24.0. The highest BCUT2D eigenvalue weighted by Gasteiger charge is 2.46. The number of ketones is 1. The Labute approximate surface area is 194 Å². The number of likely N-dealkylation sites (tertiary alicyclic amines) is 1. The van der Waals surface area contributed by atoms with E-state index in [-0.39, 0.29) is 11.3 Å². The summed E-state index contributed by atoms with van der Waals surface area (Å²) in [7, 11) is 3.85. The van der Waals surface area contributed by atoms with Crippen molar-refractivity contribution in [2.45, 2.75) is 33.7 Å². The summed E-state index contributed by atoms with van der Waals surface area (Å²) in [6.07, 6.45) is 0. The number of aliphatic hydroxyl groups excluding tert-OH is 1. The number of benzene rings is 1. The number of carbonyl (C=O) groups excluding carboxylic acids is 2. The van der Waals surface area contributed by atoms with Crippen LogP contribution in [0.3, 0.4) is 0 Å². The van der Waals surface area contributed by atoms with E-state index in [4.69, 9.17) is 4.74 Å². The summed E-state index contributed by atoms with van der Waals surface area (Å²) < 4.78 is 5.83. The minimum atomic E-state index is -0.642. The Kier molecular flexibility index (Phi) is 7.41. The van der Waals surface area contributed by atoms with Crippen LogP contribution in [0.4, 0.5) is 0 Å². The molecule has 1 aromatic heterocycles. The van der Waals surface area contributed by atoms with Crippen LogP contribution in [0, 0.1) is 19.8 Å². The molecule has 0 aliphatic carbocycles. The van der Waals surface area contributed by atoms with Gasteiger partial charge in [-0.3, -0.25) is 9.59 Å². The molecule has 1 aromatic carbocycles. The molecule has 7 heteroatoms. The van der Waals surface area contributed by atoms with Gasteiger partial charge < -0.3 is 19.6 Å². The number of likely N-dealkylation sites (N-methyl/N-ethyl adjacent to an activating group) is 1. The van der Waals surface area contributed by atoms with Gasteiger partial charge in [-0.15, -0.1) is 11.3 Å². The second-order valence-electron chi connectivity index (χ2n) is 8.95. The summed E-state index contributed by atoms with van der Waals surface area (Å²) >= 11 is 1.50. The maximum Gasteiger partial charge on any atom is 0.295 e. The van der Waals surface area contributed by atoms with E-state index in [1.54, 1.807) is 23.1 Å². The summed E-state index contributed by atoms with van der Waals surface area (Å²) in [6.45, 7) is 9.65. The molecule has 1 saturated heterocycles. The Morgan fingerprint density at radius 3 is 2.47 bits per heavy atom. The molecular formula is C25H32N2O4S. The molecule has 1 aliphatic rings. The summed E-state index contributed by atoms with van der Waals surface area (Å²) in [5, 5.41) is 13.2. The number of hydrogen-bond donors (Lipinski definition) is 1. The van der Waals surface area contributed by atoms with Crippen molar-refractivity contribution >= 4 is 28.8 Å². The maximum absolute atomic E-state index is 13.1. The molecule has 32 heavy (non-hydrogen) atoms. The third-order valence-corrected chi connectivity index (χ3v) is 6.57. The van der Waals surface area contributed by atoms with Crippen molar-refractivity contribution in [3.63, 3.8) is 0 Å². The lowest BCUT2D eigenvalue weighted by molar-refractivity contribution is -0.140. The highest BCUT2D eigenvalue weighted by molar-refractivity contribution is 7.10. The predicted octanol–water partition coefficient (Wildman–Crippen LogP) is 4.38. The molecule has 0 radical (unpaired) electrons. The summed E-state index contributed by atoms with van der Waals surface area (Å²) in [6, 6.07) is 6.73. The topological polar surface area (TPSA) is 70.1 Å². The average Bonchev–Trinajstić information content (AvgIpc) is 3.25. The average molecular weight is 457 g/mol. The number of aryl methyl sites for hydroxylation is 2. The van der Waals surface area contributed by atoms with Crippen LogP contribution < -0.4 is 4.74 Å². The van der Waals surface area contributed by atoms with Gasteiger partial charge in [-0.1, -0.05) is 13.8 Å². The third kappa shape index (κ3) is 4.89. The second kappa shape index (κ2) is 9.88. The monoisotopic (exact) mass is 456 g/mol. The van der Waals surface area contributed by atoms with Crippen LogP contribution in [0.15, 0.2) is 35.2 Å². The zero-order valence-corrected chi connectivity index (χ0v) is 20.5. The van der Waals surface area contributed by atoms with E-state index in [2.05, 4.69) is 13.8 Å². The zero-order chi connectivity index (χ0) is 23.6. The summed E-state index contributed by atoms with van der Waals surface area (Å²) in [5.74, 6) is -0.217. The largest absolute Gasteiger partial charge is 0.507 e. The molecule has 1 fully saturated rings. The second-order valence-corrected chi connectivity index (χ2v) is 9.90. The number of rotatable bonds is 8. The van der Waals surface area contributed by atoms with Crippen LogP contribution in [0.5, 0.6) is 5.75 Å². The van der Waals surface area contributed by atoms with E-state index < -0.39 is 17.7 Å². The lowest BCUT2D eigenvalue weighted by Crippen LogP contribution is -2.35. The van der Waals surface area contributed by atoms with E-state index in [1.807, 2.05) is 44.3 Å². The van der Waals surface area contributed by atoms with Crippen molar-refractivity contribution in [1.29, 1.82) is 0 Å². The minimum Gasteiger partial charge on any atom is -0.507 e. The highest BCUT2D eigenvalue weighted by Crippen LogP contribution is 2.42. The number of nitrogens with zero attached hydrogens (tertiary/aromatic N) is 2. The van der Waals surface area contributed by atoms with Crippen LogP contribution >= 0.6 is 11.3 Å². The first-order valence-corrected chi connectivity index (χ1v) is 11.7. The molecule has 2 aromatic rings. The van der Waals surface area contributed by atoms with Crippen molar-refractivity contribution in [1.82, 2.24) is 9.80 Å². The Morgan fingerprint density at radius 1 is 1.19 bits per heavy atom. The van der Waals surface area contributed by atoms with Crippen molar-refractivity contribution in [2.75, 3.05) is 33.8 Å². The number of thiophene rings is 1. The van der Waals surface area contributed by atoms with Gasteiger partial charge >= 0.3 is 0 Å². The number of carbonyl (C=O) groups is 2. The predicted molar refractivity (Wildman–Crippen MR) is 128 cm³/mol. The Bertz CT molecular complexity index is 1040. The molecule has 0 spiro atoms. The fraction of sp³-hybridized carbons (Fsp3) is 0.440. The smallest absolute Gasteiger partial charge is 0.295 e. The van der Waals surface area contributed by atoms with Gasteiger partial charge in [0.15, 0.2) is 0 Å². The van der Waals surface area contributed by atoms with Gasteiger partial charge in [0.2, 0.25) is 0 Å². The lowest BCUT2D eigenvalue weighted by atomic mass is 9.97. The van der Waals surface area contributed by atoms with Crippen molar-refractivity contribution in [2.24, 2.45) is 5.92 Å². The molecule has 6 nitrogen and oxygen atoms in total. The first-order chi connectivity index (χ1) is 15.1. The fourth-order valence-electron chi connectivity index (χ4n) is 3.73. The normalized spacial score (nSPS) is 18.2. The van der Waals surface area contributed by atoms with E-state index in [9.17, 15) is 14.7 Å². The van der Waals surface area contributed by atoms with Crippen molar-refractivity contribution < 1.29 is 19.4 Å². The quantitative estimate of drug-likeness (QED) is 0.363. The minimum absolute atomic E-state index is 0.146. The number of Topliss-reactive ketones (excluding diaryl/α,β-unsaturated/α-hetero) is 1. The van der Waals surface area contributed by atoms with Crippen LogP contribution in [-0.4, -0.2) is 60.4 Å². The number of aliphatic hydroxyl groups is 1. The van der Waals surface area contributed by atoms with E-state index in [0.29, 0.717) is 31.2 Å². The molecule has 172 valence electrons. The number of ether oxygens (including phenoxy) is 1. The molecular weight excluding hydrogens is 424 g/mol. The molecule has 1 amide bonds. The molecule has 1 unspecified atom stereocenters. The summed E-state index contributed by atoms with van der Waals surface area (Å²) in [4.78, 5) is 30.5. The van der Waals surface area contributed by atoms with Gasteiger partial charge in [0.25, 0.3) is 11.7 Å². The van der Waals surface area contributed by atoms with Crippen LogP contribution in [0.1, 0.15) is 41.5 Å². The highest BCUT2D eigenvalue weighted by atomic mass is 32.1. The molecule has 1 atom stereocenters. The molecule has 0 bridgehead atoms. The van der Waals surface area contributed by atoms with Crippen LogP contribution in [0.2, 0.25) is 0 Å². The third-order valence-electron chi connectivity index (χ3n) is 5.50. The number of amides is 1. The molecule has 0 saturated carbocycles. The van der Waals surface area contributed by atoms with Gasteiger partial charge in [-0.05, 0) is 74.6 Å². The summed E-state index contributed by atoms with van der Waals surface area (Å²) in [5.41, 5.74) is 2.51. The SMILES string of the molecule is Cc1cc(/C(O)=C2/C(=O)C(=O)N(CCN(C)C)C2c2sccc2C)ccc1OCC(C)C. The van der Waals surface area contributed by atoms with E-state index in [1.165, 1.54) is 11.3 Å². The van der Waals surface area contributed by atoms with E-state index in [0.717, 1.165) is 21.8 Å². The fourth-order valence-corrected chi connectivity index (χ4v) is 4.77. The van der Waals surface area contributed by atoms with Gasteiger partial charge in [0.05, 0.1) is 18.2 Å². The van der Waals surface area contributed by atoms with Gasteiger partial charge in [-0.25, -0.2) is 0 Å². The molecule has 3 rings (SSSR count). The van der Waals surface area contributed by atoms with Gasteiger partial charge in [0, 0.05) is 23.5 Å². The Balaban J connectivity index is 2.06.